The first-order valence-corrected chi connectivity index (χ1v) is 9.82. The lowest BCUT2D eigenvalue weighted by atomic mass is 9.91. The van der Waals surface area contributed by atoms with Gasteiger partial charge in [0.1, 0.15) is 17.9 Å². The number of aryl methyl sites for hydroxylation is 1. The van der Waals surface area contributed by atoms with Gasteiger partial charge in [-0.25, -0.2) is 4.39 Å². The molecule has 0 aliphatic heterocycles. The van der Waals surface area contributed by atoms with Gasteiger partial charge in [-0.15, -0.1) is 0 Å². The van der Waals surface area contributed by atoms with Crippen molar-refractivity contribution in [1.82, 2.24) is 0 Å². The zero-order valence-electron chi connectivity index (χ0n) is 16.4. The van der Waals surface area contributed by atoms with Crippen molar-refractivity contribution in [2.24, 2.45) is 5.92 Å². The predicted molar refractivity (Wildman–Crippen MR) is 104 cm³/mol. The van der Waals surface area contributed by atoms with Gasteiger partial charge in [0.05, 0.1) is 11.8 Å². The standard InChI is InChI=1S/C22H28FNO3/c1-14-8-9-17(10-14)27-21-12-20(19(23)11-15(21)2)24(3)22(26)18-7-5-4-6-16(18)13-25/h11-14,17H,4-10H2,1-3H3. The number of nitrogens with zero attached hydrogens (tertiary/aromatic N) is 1. The Balaban J connectivity index is 1.86. The van der Waals surface area contributed by atoms with Crippen molar-refractivity contribution in [3.63, 3.8) is 0 Å². The smallest absolute Gasteiger partial charge is 0.254 e. The number of hydrogen-bond acceptors (Lipinski definition) is 3. The molecule has 0 spiro atoms. The van der Waals surface area contributed by atoms with Crippen LogP contribution in [0.25, 0.3) is 0 Å². The molecule has 3 rings (SSSR count). The predicted octanol–water partition coefficient (Wildman–Crippen LogP) is 4.73. The molecule has 146 valence electrons. The highest BCUT2D eigenvalue weighted by molar-refractivity contribution is 6.08. The van der Waals surface area contributed by atoms with Crippen molar-refractivity contribution in [1.29, 1.82) is 0 Å². The first-order valence-electron chi connectivity index (χ1n) is 9.82. The van der Waals surface area contributed by atoms with Crippen LogP contribution in [0.2, 0.25) is 0 Å². The molecule has 2 aliphatic rings. The van der Waals surface area contributed by atoms with Crippen molar-refractivity contribution in [3.05, 3.63) is 34.7 Å². The van der Waals surface area contributed by atoms with E-state index in [2.05, 4.69) is 6.92 Å². The average Bonchev–Trinajstić information content (AvgIpc) is 3.07. The van der Waals surface area contributed by atoms with Crippen LogP contribution < -0.4 is 9.64 Å². The van der Waals surface area contributed by atoms with Crippen molar-refractivity contribution in [3.8, 4) is 5.75 Å². The lowest BCUT2D eigenvalue weighted by Crippen LogP contribution is -2.30. The number of anilines is 1. The maximum Gasteiger partial charge on any atom is 0.254 e. The van der Waals surface area contributed by atoms with E-state index >= 15 is 0 Å². The Labute approximate surface area is 160 Å². The number of halogens is 1. The van der Waals surface area contributed by atoms with Crippen LogP contribution in [-0.4, -0.2) is 25.3 Å². The minimum absolute atomic E-state index is 0.140. The molecule has 2 unspecified atom stereocenters. The fourth-order valence-corrected chi connectivity index (χ4v) is 4.08. The molecule has 0 aromatic heterocycles. The van der Waals surface area contributed by atoms with Crippen LogP contribution >= 0.6 is 0 Å². The first-order chi connectivity index (χ1) is 12.9. The van der Waals surface area contributed by atoms with Crippen LogP contribution in [0.4, 0.5) is 10.1 Å². The molecule has 0 N–H and O–H groups in total. The molecule has 4 nitrogen and oxygen atoms in total. The first kappa shape index (κ1) is 19.6. The molecule has 1 amide bonds. The quantitative estimate of drug-likeness (QED) is 0.701. The highest BCUT2D eigenvalue weighted by Gasteiger charge is 2.27. The minimum Gasteiger partial charge on any atom is -0.490 e. The zero-order valence-corrected chi connectivity index (χ0v) is 16.4. The summed E-state index contributed by atoms with van der Waals surface area (Å²) >= 11 is 0. The maximum absolute atomic E-state index is 14.6. The Hall–Kier alpha value is -2.17. The summed E-state index contributed by atoms with van der Waals surface area (Å²) in [5, 5.41) is 0. The summed E-state index contributed by atoms with van der Waals surface area (Å²) in [6.07, 6.45) is 6.99. The largest absolute Gasteiger partial charge is 0.490 e. The molecule has 0 radical (unpaired) electrons. The number of likely N-dealkylation sites (N-methyl/N-ethyl adjacent to an activating group) is 1. The SMILES string of the molecule is Cc1cc(F)c(N(C)C(=O)C2=C(C=O)CCCC2)cc1OC1CCC(C)C1. The normalized spacial score (nSPS) is 22.7. The Kier molecular flexibility index (Phi) is 5.98. The van der Waals surface area contributed by atoms with E-state index in [1.165, 1.54) is 11.0 Å². The van der Waals surface area contributed by atoms with Crippen molar-refractivity contribution >= 4 is 17.9 Å². The van der Waals surface area contributed by atoms with Gasteiger partial charge in [-0.3, -0.25) is 9.59 Å². The van der Waals surface area contributed by atoms with Crippen LogP contribution in [0.1, 0.15) is 57.4 Å². The lowest BCUT2D eigenvalue weighted by molar-refractivity contribution is -0.115. The summed E-state index contributed by atoms with van der Waals surface area (Å²) in [5.74, 6) is 0.498. The number of hydrogen-bond donors (Lipinski definition) is 0. The summed E-state index contributed by atoms with van der Waals surface area (Å²) < 4.78 is 20.7. The molecule has 1 saturated carbocycles. The Morgan fingerprint density at radius 1 is 1.26 bits per heavy atom. The van der Waals surface area contributed by atoms with Crippen LogP contribution in [0.3, 0.4) is 0 Å². The number of carbonyl (C=O) groups is 2. The van der Waals surface area contributed by atoms with Gasteiger partial charge >= 0.3 is 0 Å². The van der Waals surface area contributed by atoms with E-state index in [9.17, 15) is 14.0 Å². The topological polar surface area (TPSA) is 46.6 Å². The second-order valence-corrected chi connectivity index (χ2v) is 7.92. The molecule has 27 heavy (non-hydrogen) atoms. The van der Waals surface area contributed by atoms with E-state index in [1.54, 1.807) is 13.1 Å². The summed E-state index contributed by atoms with van der Waals surface area (Å²) in [6.45, 7) is 4.03. The number of benzene rings is 1. The van der Waals surface area contributed by atoms with Crippen LogP contribution in [0.15, 0.2) is 23.3 Å². The fraction of sp³-hybridized carbons (Fsp3) is 0.545. The van der Waals surface area contributed by atoms with Gasteiger partial charge < -0.3 is 9.64 Å². The van der Waals surface area contributed by atoms with Gasteiger partial charge in [0.25, 0.3) is 5.91 Å². The van der Waals surface area contributed by atoms with E-state index in [4.69, 9.17) is 4.74 Å². The number of carbonyl (C=O) groups excluding carboxylic acids is 2. The van der Waals surface area contributed by atoms with Crippen molar-refractivity contribution in [2.75, 3.05) is 11.9 Å². The molecular formula is C22H28FNO3. The molecular weight excluding hydrogens is 345 g/mol. The van der Waals surface area contributed by atoms with E-state index < -0.39 is 5.82 Å². The highest BCUT2D eigenvalue weighted by Crippen LogP contribution is 2.34. The number of aldehydes is 1. The number of allylic oxidation sites excluding steroid dienone is 1. The maximum atomic E-state index is 14.6. The third kappa shape index (κ3) is 4.23. The summed E-state index contributed by atoms with van der Waals surface area (Å²) in [7, 11) is 1.56. The molecule has 0 heterocycles. The molecule has 5 heteroatoms. The monoisotopic (exact) mass is 373 g/mol. The van der Waals surface area contributed by atoms with Gasteiger partial charge in [0.15, 0.2) is 0 Å². The third-order valence-electron chi connectivity index (χ3n) is 5.76. The number of ether oxygens (including phenoxy) is 1. The molecule has 1 fully saturated rings. The Morgan fingerprint density at radius 3 is 2.67 bits per heavy atom. The average molecular weight is 373 g/mol. The Bertz CT molecular complexity index is 771. The van der Waals surface area contributed by atoms with Crippen LogP contribution in [-0.2, 0) is 9.59 Å². The minimum atomic E-state index is -0.459. The summed E-state index contributed by atoms with van der Waals surface area (Å²) in [4.78, 5) is 25.5. The second-order valence-electron chi connectivity index (χ2n) is 7.92. The molecule has 0 bridgehead atoms. The molecule has 1 aromatic carbocycles. The van der Waals surface area contributed by atoms with E-state index in [-0.39, 0.29) is 17.7 Å². The van der Waals surface area contributed by atoms with Crippen LogP contribution in [0, 0.1) is 18.7 Å². The molecule has 1 aromatic rings. The molecule has 2 atom stereocenters. The number of rotatable bonds is 5. The van der Waals surface area contributed by atoms with Crippen molar-refractivity contribution in [2.45, 2.75) is 64.9 Å². The van der Waals surface area contributed by atoms with Gasteiger partial charge in [-0.1, -0.05) is 6.92 Å². The van der Waals surface area contributed by atoms with Crippen molar-refractivity contribution < 1.29 is 18.7 Å². The zero-order chi connectivity index (χ0) is 19.6. The fourth-order valence-electron chi connectivity index (χ4n) is 4.08. The molecule has 0 saturated heterocycles. The number of amides is 1. The second kappa shape index (κ2) is 8.24. The lowest BCUT2D eigenvalue weighted by Gasteiger charge is -2.24. The van der Waals surface area contributed by atoms with Gasteiger partial charge in [-0.05, 0) is 69.4 Å². The highest BCUT2D eigenvalue weighted by atomic mass is 19.1. The summed E-state index contributed by atoms with van der Waals surface area (Å²) in [6, 6.07) is 3.04. The van der Waals surface area contributed by atoms with Gasteiger partial charge in [0, 0.05) is 24.3 Å². The van der Waals surface area contributed by atoms with Gasteiger partial charge in [-0.2, -0.15) is 0 Å². The van der Waals surface area contributed by atoms with Crippen LogP contribution in [0.5, 0.6) is 5.75 Å². The van der Waals surface area contributed by atoms with E-state index in [1.807, 2.05) is 6.92 Å². The molecule has 2 aliphatic carbocycles. The third-order valence-corrected chi connectivity index (χ3v) is 5.76. The summed E-state index contributed by atoms with van der Waals surface area (Å²) in [5.41, 5.74) is 1.96. The van der Waals surface area contributed by atoms with Gasteiger partial charge in [0.2, 0.25) is 0 Å². The van der Waals surface area contributed by atoms with E-state index in [0.29, 0.717) is 35.7 Å². The van der Waals surface area contributed by atoms with E-state index in [0.717, 1.165) is 44.0 Å². The Morgan fingerprint density at radius 2 is 2.00 bits per heavy atom.